The molecular formula is C13H17F4NOS. The Morgan fingerprint density at radius 1 is 1.45 bits per heavy atom. The number of nitrogens with one attached hydrogen (secondary N) is 1. The van der Waals surface area contributed by atoms with Gasteiger partial charge in [-0.25, -0.2) is 8.78 Å². The van der Waals surface area contributed by atoms with E-state index in [1.807, 2.05) is 13.0 Å². The molecule has 114 valence electrons. The molecule has 1 aliphatic carbocycles. The summed E-state index contributed by atoms with van der Waals surface area (Å²) in [6.07, 6.45) is -1.30. The maximum atomic E-state index is 12.7. The second kappa shape index (κ2) is 6.41. The zero-order valence-electron chi connectivity index (χ0n) is 11.1. The molecule has 1 aromatic rings. The summed E-state index contributed by atoms with van der Waals surface area (Å²) >= 11 is 1.57. The van der Waals surface area contributed by atoms with Gasteiger partial charge in [-0.05, 0) is 31.4 Å². The summed E-state index contributed by atoms with van der Waals surface area (Å²) in [6, 6.07) is 2.48. The van der Waals surface area contributed by atoms with Crippen molar-refractivity contribution in [3.05, 3.63) is 21.4 Å². The van der Waals surface area contributed by atoms with Crippen LogP contribution in [-0.4, -0.2) is 25.0 Å². The molecule has 7 heteroatoms. The zero-order chi connectivity index (χ0) is 14.8. The minimum absolute atomic E-state index is 0.0614. The van der Waals surface area contributed by atoms with E-state index in [4.69, 9.17) is 4.74 Å². The minimum Gasteiger partial charge on any atom is -0.370 e. The number of rotatable bonds is 8. The molecule has 0 bridgehead atoms. The predicted molar refractivity (Wildman–Crippen MR) is 69.5 cm³/mol. The first-order chi connectivity index (χ1) is 9.38. The topological polar surface area (TPSA) is 21.3 Å². The van der Waals surface area contributed by atoms with Crippen molar-refractivity contribution in [1.29, 1.82) is 0 Å². The molecule has 1 N–H and O–H groups in total. The van der Waals surface area contributed by atoms with Crippen LogP contribution in [0, 0.1) is 6.92 Å². The number of alkyl halides is 4. The Morgan fingerprint density at radius 3 is 2.75 bits per heavy atom. The SMILES string of the molecule is Cc1sc(CNC2CC2)cc1COCC(F)(F)C(F)F. The summed E-state index contributed by atoms with van der Waals surface area (Å²) in [5.41, 5.74) is 0.785. The van der Waals surface area contributed by atoms with Crippen molar-refractivity contribution >= 4 is 11.3 Å². The van der Waals surface area contributed by atoms with Crippen molar-refractivity contribution in [3.8, 4) is 0 Å². The van der Waals surface area contributed by atoms with E-state index in [2.05, 4.69) is 5.32 Å². The van der Waals surface area contributed by atoms with E-state index in [1.54, 1.807) is 11.3 Å². The largest absolute Gasteiger partial charge is 0.370 e. The highest BCUT2D eigenvalue weighted by Crippen LogP contribution is 2.26. The third-order valence-electron chi connectivity index (χ3n) is 3.09. The first-order valence-electron chi connectivity index (χ1n) is 6.44. The minimum atomic E-state index is -4.08. The van der Waals surface area contributed by atoms with E-state index < -0.39 is 19.0 Å². The number of hydrogen-bond donors (Lipinski definition) is 1. The molecule has 0 unspecified atom stereocenters. The fraction of sp³-hybridized carbons (Fsp3) is 0.692. The van der Waals surface area contributed by atoms with Crippen LogP contribution in [0.25, 0.3) is 0 Å². The molecule has 0 aromatic carbocycles. The fourth-order valence-electron chi connectivity index (χ4n) is 1.71. The van der Waals surface area contributed by atoms with Crippen LogP contribution < -0.4 is 5.32 Å². The van der Waals surface area contributed by atoms with E-state index in [1.165, 1.54) is 12.8 Å². The van der Waals surface area contributed by atoms with Crippen molar-refractivity contribution in [2.45, 2.75) is 51.3 Å². The van der Waals surface area contributed by atoms with Gasteiger partial charge in [0.25, 0.3) is 0 Å². The molecule has 0 radical (unpaired) electrons. The van der Waals surface area contributed by atoms with Crippen molar-refractivity contribution in [2.75, 3.05) is 6.61 Å². The molecule has 2 nitrogen and oxygen atoms in total. The maximum absolute atomic E-state index is 12.7. The van der Waals surface area contributed by atoms with Crippen LogP contribution in [0.15, 0.2) is 6.07 Å². The average molecular weight is 311 g/mol. The van der Waals surface area contributed by atoms with Gasteiger partial charge in [0.05, 0.1) is 6.61 Å². The summed E-state index contributed by atoms with van der Waals surface area (Å²) in [7, 11) is 0. The average Bonchev–Trinajstić information content (AvgIpc) is 3.12. The monoisotopic (exact) mass is 311 g/mol. The van der Waals surface area contributed by atoms with Gasteiger partial charge in [0, 0.05) is 22.3 Å². The van der Waals surface area contributed by atoms with Crippen LogP contribution in [0.3, 0.4) is 0 Å². The van der Waals surface area contributed by atoms with Gasteiger partial charge in [0.2, 0.25) is 0 Å². The molecule has 1 heterocycles. The first kappa shape index (κ1) is 15.7. The van der Waals surface area contributed by atoms with Crippen molar-refractivity contribution in [3.63, 3.8) is 0 Å². The summed E-state index contributed by atoms with van der Waals surface area (Å²) in [4.78, 5) is 2.08. The van der Waals surface area contributed by atoms with Crippen LogP contribution >= 0.6 is 11.3 Å². The number of ether oxygens (including phenoxy) is 1. The third-order valence-corrected chi connectivity index (χ3v) is 4.18. The van der Waals surface area contributed by atoms with Crippen LogP contribution in [0.5, 0.6) is 0 Å². The van der Waals surface area contributed by atoms with Gasteiger partial charge in [0.15, 0.2) is 0 Å². The lowest BCUT2D eigenvalue weighted by molar-refractivity contribution is -0.168. The molecule has 0 aliphatic heterocycles. The second-order valence-corrected chi connectivity index (χ2v) is 6.34. The lowest BCUT2D eigenvalue weighted by Gasteiger charge is -2.14. The van der Waals surface area contributed by atoms with Gasteiger partial charge in [-0.3, -0.25) is 0 Å². The summed E-state index contributed by atoms with van der Waals surface area (Å²) in [6.45, 7) is 1.31. The zero-order valence-corrected chi connectivity index (χ0v) is 11.9. The van der Waals surface area contributed by atoms with E-state index in [-0.39, 0.29) is 6.61 Å². The Hall–Kier alpha value is -0.660. The van der Waals surface area contributed by atoms with E-state index in [0.717, 1.165) is 21.9 Å². The van der Waals surface area contributed by atoms with Gasteiger partial charge in [-0.1, -0.05) is 0 Å². The summed E-state index contributed by atoms with van der Waals surface area (Å²) < 4.78 is 54.0. The molecule has 1 saturated carbocycles. The van der Waals surface area contributed by atoms with Gasteiger partial charge in [-0.15, -0.1) is 11.3 Å². The third kappa shape index (κ3) is 4.43. The number of aryl methyl sites for hydroxylation is 1. The van der Waals surface area contributed by atoms with Crippen LogP contribution in [0.2, 0.25) is 0 Å². The Balaban J connectivity index is 1.79. The van der Waals surface area contributed by atoms with E-state index in [0.29, 0.717) is 6.04 Å². The quantitative estimate of drug-likeness (QED) is 0.739. The lowest BCUT2D eigenvalue weighted by atomic mass is 10.2. The van der Waals surface area contributed by atoms with E-state index >= 15 is 0 Å². The highest BCUT2D eigenvalue weighted by Gasteiger charge is 2.40. The molecule has 20 heavy (non-hydrogen) atoms. The first-order valence-corrected chi connectivity index (χ1v) is 7.25. The highest BCUT2D eigenvalue weighted by atomic mass is 32.1. The Kier molecular flexibility index (Phi) is 5.04. The molecule has 0 atom stereocenters. The summed E-state index contributed by atoms with van der Waals surface area (Å²) in [5, 5.41) is 3.36. The highest BCUT2D eigenvalue weighted by molar-refractivity contribution is 7.12. The Labute approximate surface area is 119 Å². The van der Waals surface area contributed by atoms with Gasteiger partial charge in [0.1, 0.15) is 6.61 Å². The molecule has 2 rings (SSSR count). The van der Waals surface area contributed by atoms with Gasteiger partial charge in [-0.2, -0.15) is 8.78 Å². The maximum Gasteiger partial charge on any atom is 0.330 e. The number of halogens is 4. The molecular weight excluding hydrogens is 294 g/mol. The molecule has 0 spiro atoms. The smallest absolute Gasteiger partial charge is 0.330 e. The normalized spacial score (nSPS) is 16.1. The molecule has 1 aliphatic rings. The van der Waals surface area contributed by atoms with Crippen molar-refractivity contribution in [1.82, 2.24) is 5.32 Å². The van der Waals surface area contributed by atoms with E-state index in [9.17, 15) is 17.6 Å². The van der Waals surface area contributed by atoms with Gasteiger partial charge < -0.3 is 10.1 Å². The second-order valence-electron chi connectivity index (χ2n) is 5.00. The lowest BCUT2D eigenvalue weighted by Crippen LogP contribution is -2.32. The standard InChI is InChI=1S/C13H17F4NOS/c1-8-9(6-19-7-13(16,17)12(14)15)4-11(20-8)5-18-10-2-3-10/h4,10,12,18H,2-3,5-7H2,1H3. The molecule has 0 amide bonds. The number of hydrogen-bond acceptors (Lipinski definition) is 3. The van der Waals surface area contributed by atoms with Crippen LogP contribution in [-0.2, 0) is 17.9 Å². The van der Waals surface area contributed by atoms with Gasteiger partial charge >= 0.3 is 12.3 Å². The predicted octanol–water partition coefficient (Wildman–Crippen LogP) is 3.73. The molecule has 0 saturated heterocycles. The molecule has 1 aromatic heterocycles. The van der Waals surface area contributed by atoms with Crippen LogP contribution in [0.4, 0.5) is 17.6 Å². The Morgan fingerprint density at radius 2 is 2.15 bits per heavy atom. The van der Waals surface area contributed by atoms with Crippen molar-refractivity contribution in [2.24, 2.45) is 0 Å². The van der Waals surface area contributed by atoms with Crippen molar-refractivity contribution < 1.29 is 22.3 Å². The summed E-state index contributed by atoms with van der Waals surface area (Å²) in [5.74, 6) is -4.08. The Bertz CT molecular complexity index is 446. The number of thiophene rings is 1. The van der Waals surface area contributed by atoms with Crippen LogP contribution in [0.1, 0.15) is 28.2 Å². The fourth-order valence-corrected chi connectivity index (χ4v) is 2.71. The molecule has 1 fully saturated rings.